The summed E-state index contributed by atoms with van der Waals surface area (Å²) in [4.78, 5) is 12.9. The number of hydrogen-bond donors (Lipinski definition) is 1. The second kappa shape index (κ2) is 5.93. The van der Waals surface area contributed by atoms with Gasteiger partial charge in [-0.05, 0) is 62.1 Å². The van der Waals surface area contributed by atoms with Crippen LogP contribution in [0, 0.1) is 5.82 Å². The molecule has 1 aliphatic rings. The first kappa shape index (κ1) is 16.5. The zero-order chi connectivity index (χ0) is 17.4. The van der Waals surface area contributed by atoms with Crippen LogP contribution >= 0.6 is 0 Å². The molecule has 0 radical (unpaired) electrons. The Morgan fingerprint density at radius 1 is 1.08 bits per heavy atom. The van der Waals surface area contributed by atoms with E-state index in [1.54, 1.807) is 19.2 Å². The molecule has 1 amide bonds. The summed E-state index contributed by atoms with van der Waals surface area (Å²) in [5, 5.41) is 3.18. The molecule has 0 atom stereocenters. The molecule has 0 aromatic heterocycles. The second-order valence-corrected chi connectivity index (χ2v) is 6.90. The van der Waals surface area contributed by atoms with Crippen LogP contribution in [0.4, 0.5) is 4.39 Å². The molecule has 1 aliphatic carbocycles. The van der Waals surface area contributed by atoms with Crippen molar-refractivity contribution in [3.8, 4) is 5.75 Å². The summed E-state index contributed by atoms with van der Waals surface area (Å²) in [6.07, 6.45) is 1.76. The fourth-order valence-corrected chi connectivity index (χ4v) is 2.89. The third kappa shape index (κ3) is 3.01. The fourth-order valence-electron chi connectivity index (χ4n) is 2.89. The molecule has 1 fully saturated rings. The smallest absolute Gasteiger partial charge is 0.230 e. The Kier molecular flexibility index (Phi) is 4.08. The van der Waals surface area contributed by atoms with E-state index in [0.717, 1.165) is 29.7 Å². The van der Waals surface area contributed by atoms with Crippen molar-refractivity contribution in [3.63, 3.8) is 0 Å². The first-order valence-corrected chi connectivity index (χ1v) is 8.11. The average Bonchev–Trinajstić information content (AvgIpc) is 3.36. The topological polar surface area (TPSA) is 38.3 Å². The Hall–Kier alpha value is -2.36. The molecule has 1 saturated carbocycles. The van der Waals surface area contributed by atoms with Gasteiger partial charge in [0.2, 0.25) is 5.91 Å². The Morgan fingerprint density at radius 2 is 1.67 bits per heavy atom. The minimum Gasteiger partial charge on any atom is -0.497 e. The van der Waals surface area contributed by atoms with Gasteiger partial charge in [0, 0.05) is 0 Å². The average molecular weight is 327 g/mol. The van der Waals surface area contributed by atoms with Crippen molar-refractivity contribution in [2.24, 2.45) is 0 Å². The van der Waals surface area contributed by atoms with Gasteiger partial charge in [-0.25, -0.2) is 4.39 Å². The molecule has 0 heterocycles. The Labute approximate surface area is 141 Å². The molecule has 0 saturated heterocycles. The van der Waals surface area contributed by atoms with Crippen LogP contribution in [-0.2, 0) is 15.7 Å². The number of hydrogen-bond acceptors (Lipinski definition) is 2. The van der Waals surface area contributed by atoms with Gasteiger partial charge in [-0.2, -0.15) is 0 Å². The van der Waals surface area contributed by atoms with E-state index in [0.29, 0.717) is 0 Å². The number of methoxy groups -OCH3 is 1. The maximum atomic E-state index is 13.1. The van der Waals surface area contributed by atoms with Crippen molar-refractivity contribution in [2.75, 3.05) is 7.11 Å². The molecule has 2 aromatic carbocycles. The van der Waals surface area contributed by atoms with Gasteiger partial charge < -0.3 is 10.1 Å². The van der Waals surface area contributed by atoms with E-state index in [-0.39, 0.29) is 17.3 Å². The summed E-state index contributed by atoms with van der Waals surface area (Å²) < 4.78 is 18.3. The first-order chi connectivity index (χ1) is 11.4. The first-order valence-electron chi connectivity index (χ1n) is 8.11. The fraction of sp³-hybridized carbons (Fsp3) is 0.350. The zero-order valence-electron chi connectivity index (χ0n) is 14.2. The lowest BCUT2D eigenvalue weighted by molar-refractivity contribution is -0.126. The summed E-state index contributed by atoms with van der Waals surface area (Å²) in [6.45, 7) is 3.82. The highest BCUT2D eigenvalue weighted by Gasteiger charge is 2.47. The summed E-state index contributed by atoms with van der Waals surface area (Å²) in [7, 11) is 1.62. The zero-order valence-corrected chi connectivity index (χ0v) is 14.2. The van der Waals surface area contributed by atoms with Crippen LogP contribution in [0.1, 0.15) is 37.8 Å². The molecule has 0 spiro atoms. The van der Waals surface area contributed by atoms with Crippen LogP contribution in [0.2, 0.25) is 0 Å². The van der Waals surface area contributed by atoms with E-state index >= 15 is 0 Å². The maximum absolute atomic E-state index is 13.1. The molecule has 0 bridgehead atoms. The largest absolute Gasteiger partial charge is 0.497 e. The van der Waals surface area contributed by atoms with Gasteiger partial charge in [-0.3, -0.25) is 4.79 Å². The molecule has 3 rings (SSSR count). The lowest BCUT2D eigenvalue weighted by Gasteiger charge is -2.28. The van der Waals surface area contributed by atoms with Gasteiger partial charge in [0.05, 0.1) is 18.1 Å². The van der Waals surface area contributed by atoms with E-state index in [2.05, 4.69) is 5.32 Å². The van der Waals surface area contributed by atoms with Crippen molar-refractivity contribution >= 4 is 5.91 Å². The minimum atomic E-state index is -0.665. The number of ether oxygens (including phenoxy) is 1. The van der Waals surface area contributed by atoms with E-state index in [1.807, 2.05) is 38.1 Å². The van der Waals surface area contributed by atoms with Crippen molar-refractivity contribution in [3.05, 3.63) is 65.5 Å². The Balaban J connectivity index is 1.79. The number of halogens is 1. The van der Waals surface area contributed by atoms with Crippen LogP contribution in [0.15, 0.2) is 48.5 Å². The quantitative estimate of drug-likeness (QED) is 0.904. The van der Waals surface area contributed by atoms with Crippen LogP contribution in [0.25, 0.3) is 0 Å². The van der Waals surface area contributed by atoms with Gasteiger partial charge in [-0.15, -0.1) is 0 Å². The van der Waals surface area contributed by atoms with E-state index in [1.165, 1.54) is 12.1 Å². The van der Waals surface area contributed by atoms with Crippen molar-refractivity contribution in [1.82, 2.24) is 5.32 Å². The van der Waals surface area contributed by atoms with Crippen molar-refractivity contribution < 1.29 is 13.9 Å². The van der Waals surface area contributed by atoms with Crippen molar-refractivity contribution in [1.29, 1.82) is 0 Å². The van der Waals surface area contributed by atoms with E-state index < -0.39 is 5.41 Å². The van der Waals surface area contributed by atoms with Crippen molar-refractivity contribution in [2.45, 2.75) is 37.6 Å². The molecular weight excluding hydrogens is 305 g/mol. The summed E-state index contributed by atoms with van der Waals surface area (Å²) in [6, 6.07) is 13.9. The molecule has 0 aliphatic heterocycles. The summed E-state index contributed by atoms with van der Waals surface area (Å²) in [5.74, 6) is 0.467. The minimum absolute atomic E-state index is 0.0329. The Morgan fingerprint density at radius 3 is 2.17 bits per heavy atom. The van der Waals surface area contributed by atoms with Crippen LogP contribution < -0.4 is 10.1 Å². The van der Waals surface area contributed by atoms with E-state index in [4.69, 9.17) is 4.74 Å². The standard InChI is InChI=1S/C20H22FNO2/c1-19(2,14-6-10-17(24-3)11-7-14)18(23)22-20(12-13-20)15-4-8-16(21)9-5-15/h4-11H,12-13H2,1-3H3,(H,22,23). The third-order valence-electron chi connectivity index (χ3n) is 4.88. The van der Waals surface area contributed by atoms with Gasteiger partial charge in [0.25, 0.3) is 0 Å². The van der Waals surface area contributed by atoms with Crippen LogP contribution in [0.3, 0.4) is 0 Å². The summed E-state index contributed by atoms with van der Waals surface area (Å²) in [5.41, 5.74) is 0.870. The number of carbonyl (C=O) groups excluding carboxylic acids is 1. The molecule has 3 nitrogen and oxygen atoms in total. The lowest BCUT2D eigenvalue weighted by Crippen LogP contribution is -2.45. The lowest BCUT2D eigenvalue weighted by atomic mass is 9.83. The highest BCUT2D eigenvalue weighted by atomic mass is 19.1. The highest BCUT2D eigenvalue weighted by Crippen LogP contribution is 2.46. The summed E-state index contributed by atoms with van der Waals surface area (Å²) >= 11 is 0. The molecule has 0 unspecified atom stereocenters. The van der Waals surface area contributed by atoms with Crippen LogP contribution in [0.5, 0.6) is 5.75 Å². The number of rotatable bonds is 5. The normalized spacial score (nSPS) is 15.7. The van der Waals surface area contributed by atoms with Crippen LogP contribution in [-0.4, -0.2) is 13.0 Å². The number of benzene rings is 2. The predicted molar refractivity (Wildman–Crippen MR) is 91.5 cm³/mol. The molecule has 126 valence electrons. The van der Waals surface area contributed by atoms with Gasteiger partial charge in [0.1, 0.15) is 11.6 Å². The number of amides is 1. The molecular formula is C20H22FNO2. The Bertz CT molecular complexity index is 731. The van der Waals surface area contributed by atoms with E-state index in [9.17, 15) is 9.18 Å². The SMILES string of the molecule is COc1ccc(C(C)(C)C(=O)NC2(c3ccc(F)cc3)CC2)cc1. The molecule has 4 heteroatoms. The maximum Gasteiger partial charge on any atom is 0.230 e. The van der Waals surface area contributed by atoms with Gasteiger partial charge in [0.15, 0.2) is 0 Å². The molecule has 1 N–H and O–H groups in total. The number of nitrogens with one attached hydrogen (secondary N) is 1. The predicted octanol–water partition coefficient (Wildman–Crippen LogP) is 3.92. The third-order valence-corrected chi connectivity index (χ3v) is 4.88. The molecule has 24 heavy (non-hydrogen) atoms. The highest BCUT2D eigenvalue weighted by molar-refractivity contribution is 5.88. The monoisotopic (exact) mass is 327 g/mol. The number of carbonyl (C=O) groups is 1. The molecule has 2 aromatic rings. The van der Waals surface area contributed by atoms with Gasteiger partial charge >= 0.3 is 0 Å². The van der Waals surface area contributed by atoms with Gasteiger partial charge in [-0.1, -0.05) is 24.3 Å². The second-order valence-electron chi connectivity index (χ2n) is 6.90.